The van der Waals surface area contributed by atoms with Gasteiger partial charge >= 0.3 is 0 Å². The maximum Gasteiger partial charge on any atom is 0.113 e. The van der Waals surface area contributed by atoms with Gasteiger partial charge < -0.3 is 4.90 Å². The van der Waals surface area contributed by atoms with Gasteiger partial charge in [-0.1, -0.05) is 18.2 Å². The predicted octanol–water partition coefficient (Wildman–Crippen LogP) is 2.02. The number of rotatable bonds is 1. The molecule has 3 heteroatoms. The Morgan fingerprint density at radius 2 is 1.93 bits per heavy atom. The molecule has 1 aromatic rings. The molecule has 0 spiro atoms. The Morgan fingerprint density at radius 3 is 2.64 bits per heavy atom. The van der Waals surface area contributed by atoms with Crippen LogP contribution < -0.4 is 4.90 Å². The lowest BCUT2D eigenvalue weighted by Crippen LogP contribution is -2.35. The maximum absolute atomic E-state index is 10.9. The van der Waals surface area contributed by atoms with Crippen molar-refractivity contribution >= 4 is 21.9 Å². The summed E-state index contributed by atoms with van der Waals surface area (Å²) in [5.41, 5.74) is 1.14. The largest absolute Gasteiger partial charge is 0.334 e. The Labute approximate surface area is 87.6 Å². The fourth-order valence-electron chi connectivity index (χ4n) is 1.77. The second kappa shape index (κ2) is 4.42. The van der Waals surface area contributed by atoms with Gasteiger partial charge in [0.1, 0.15) is 16.2 Å². The van der Waals surface area contributed by atoms with Crippen molar-refractivity contribution in [3.05, 3.63) is 30.3 Å². The number of hydrogen-bond acceptors (Lipinski definition) is 1. The third-order valence-electron chi connectivity index (χ3n) is 2.49. The van der Waals surface area contributed by atoms with Gasteiger partial charge in [-0.15, -0.1) is 0 Å². The number of benzene rings is 1. The molecule has 0 radical (unpaired) electrons. The van der Waals surface area contributed by atoms with Crippen molar-refractivity contribution < 1.29 is 4.21 Å². The molecule has 1 heterocycles. The minimum Gasteiger partial charge on any atom is -0.334 e. The zero-order valence-corrected chi connectivity index (χ0v) is 8.80. The first-order valence-electron chi connectivity index (χ1n) is 4.90. The molecule has 0 unspecified atom stereocenters. The van der Waals surface area contributed by atoms with Gasteiger partial charge in [-0.2, -0.15) is 0 Å². The van der Waals surface area contributed by atoms with Crippen molar-refractivity contribution in [2.45, 2.75) is 19.3 Å². The third-order valence-corrected chi connectivity index (χ3v) is 3.10. The van der Waals surface area contributed by atoms with E-state index < -0.39 is 0 Å². The number of piperidine rings is 1. The Bertz CT molecular complexity index is 357. The summed E-state index contributed by atoms with van der Waals surface area (Å²) >= 11 is 0.641. The van der Waals surface area contributed by atoms with Crippen LogP contribution >= 0.6 is 0 Å². The maximum atomic E-state index is 10.9. The highest BCUT2D eigenvalue weighted by Crippen LogP contribution is 2.20. The first kappa shape index (κ1) is 9.46. The molecule has 0 bridgehead atoms. The first-order valence-corrected chi connectivity index (χ1v) is 5.64. The summed E-state index contributed by atoms with van der Waals surface area (Å²) in [4.78, 5) is 3.10. The van der Waals surface area contributed by atoms with Crippen molar-refractivity contribution in [1.82, 2.24) is 0 Å². The summed E-state index contributed by atoms with van der Waals surface area (Å²) < 4.78 is 10.9. The van der Waals surface area contributed by atoms with Crippen LogP contribution in [0, 0.1) is 0 Å². The first-order chi connectivity index (χ1) is 6.92. The second-order valence-electron chi connectivity index (χ2n) is 3.42. The van der Waals surface area contributed by atoms with Gasteiger partial charge in [0, 0.05) is 18.7 Å². The molecule has 0 atom stereocenters. The molecule has 2 nitrogen and oxygen atoms in total. The van der Waals surface area contributed by atoms with E-state index in [9.17, 15) is 4.21 Å². The van der Waals surface area contributed by atoms with E-state index >= 15 is 0 Å². The third kappa shape index (κ3) is 1.87. The molecular weight excluding hydrogens is 194 g/mol. The van der Waals surface area contributed by atoms with Gasteiger partial charge in [0.15, 0.2) is 0 Å². The monoisotopic (exact) mass is 207 g/mol. The molecule has 0 aromatic heterocycles. The lowest BCUT2D eigenvalue weighted by Gasteiger charge is -2.28. The van der Waals surface area contributed by atoms with E-state index in [1.165, 1.54) is 6.42 Å². The van der Waals surface area contributed by atoms with Crippen LogP contribution in [0.25, 0.3) is 0 Å². The fourth-order valence-corrected chi connectivity index (χ4v) is 2.29. The van der Waals surface area contributed by atoms with E-state index in [-0.39, 0.29) is 0 Å². The summed E-state index contributed by atoms with van der Waals surface area (Å²) in [5.74, 6) is 0. The van der Waals surface area contributed by atoms with Crippen molar-refractivity contribution in [2.24, 2.45) is 0 Å². The van der Waals surface area contributed by atoms with Crippen molar-refractivity contribution in [1.29, 1.82) is 0 Å². The number of para-hydroxylation sites is 1. The van der Waals surface area contributed by atoms with E-state index in [0.717, 1.165) is 30.1 Å². The van der Waals surface area contributed by atoms with Gasteiger partial charge in [-0.3, -0.25) is 0 Å². The van der Waals surface area contributed by atoms with Crippen LogP contribution in [-0.2, 0) is 11.3 Å². The lowest BCUT2D eigenvalue weighted by molar-refractivity contribution is 0.695. The molecule has 0 aliphatic carbocycles. The van der Waals surface area contributed by atoms with E-state index in [1.807, 2.05) is 18.2 Å². The number of anilines is 1. The van der Waals surface area contributed by atoms with E-state index in [4.69, 9.17) is 0 Å². The van der Waals surface area contributed by atoms with Crippen LogP contribution in [0.15, 0.2) is 30.3 Å². The average Bonchev–Trinajstić information content (AvgIpc) is 2.30. The number of hydrogen-bond donors (Lipinski definition) is 0. The van der Waals surface area contributed by atoms with Crippen molar-refractivity contribution in [3.8, 4) is 0 Å². The quantitative estimate of drug-likeness (QED) is 0.657. The van der Waals surface area contributed by atoms with Gasteiger partial charge in [0.2, 0.25) is 0 Å². The molecule has 1 aromatic carbocycles. The molecule has 0 N–H and O–H groups in total. The van der Waals surface area contributed by atoms with E-state index in [2.05, 4.69) is 17.0 Å². The second-order valence-corrected chi connectivity index (χ2v) is 4.06. The fraction of sp³-hybridized carbons (Fsp3) is 0.364. The minimum atomic E-state index is 0.641. The molecule has 1 aliphatic heterocycles. The average molecular weight is 207 g/mol. The SMILES string of the molecule is O=S=C1CCCCN1c1ccccc1. The predicted molar refractivity (Wildman–Crippen MR) is 60.8 cm³/mol. The summed E-state index contributed by atoms with van der Waals surface area (Å²) in [6.07, 6.45) is 3.26. The van der Waals surface area contributed by atoms with Crippen LogP contribution in [0.2, 0.25) is 0 Å². The minimum absolute atomic E-state index is 0.641. The van der Waals surface area contributed by atoms with Crippen LogP contribution in [-0.4, -0.2) is 15.7 Å². The van der Waals surface area contributed by atoms with E-state index in [1.54, 1.807) is 0 Å². The topological polar surface area (TPSA) is 20.3 Å². The molecule has 1 aliphatic rings. The Balaban J connectivity index is 2.28. The highest BCUT2D eigenvalue weighted by Gasteiger charge is 2.16. The van der Waals surface area contributed by atoms with Crippen LogP contribution in [0.1, 0.15) is 19.3 Å². The summed E-state index contributed by atoms with van der Waals surface area (Å²) in [5, 5.41) is 0. The Hall–Kier alpha value is -1.09. The van der Waals surface area contributed by atoms with E-state index in [0.29, 0.717) is 11.3 Å². The normalized spacial score (nSPS) is 16.9. The molecule has 74 valence electrons. The van der Waals surface area contributed by atoms with Crippen molar-refractivity contribution in [3.63, 3.8) is 0 Å². The Morgan fingerprint density at radius 1 is 1.14 bits per heavy atom. The molecule has 0 saturated carbocycles. The molecule has 1 saturated heterocycles. The highest BCUT2D eigenvalue weighted by molar-refractivity contribution is 7.66. The summed E-state index contributed by atoms with van der Waals surface area (Å²) in [6, 6.07) is 10.1. The van der Waals surface area contributed by atoms with Crippen LogP contribution in [0.4, 0.5) is 5.69 Å². The molecule has 14 heavy (non-hydrogen) atoms. The van der Waals surface area contributed by atoms with Crippen molar-refractivity contribution in [2.75, 3.05) is 11.4 Å². The van der Waals surface area contributed by atoms with Gasteiger partial charge in [0.25, 0.3) is 0 Å². The summed E-state index contributed by atoms with van der Waals surface area (Å²) in [7, 11) is 0. The number of nitrogens with zero attached hydrogens (tertiary/aromatic N) is 1. The smallest absolute Gasteiger partial charge is 0.113 e. The van der Waals surface area contributed by atoms with Gasteiger partial charge in [-0.05, 0) is 25.0 Å². The zero-order valence-electron chi connectivity index (χ0n) is 7.98. The Kier molecular flexibility index (Phi) is 2.99. The zero-order chi connectivity index (χ0) is 9.80. The van der Waals surface area contributed by atoms with Crippen LogP contribution in [0.3, 0.4) is 0 Å². The standard InChI is InChI=1S/C11H13NOS/c13-14-11-8-4-5-9-12(11)10-6-2-1-3-7-10/h1-3,6-7H,4-5,8-9H2. The van der Waals surface area contributed by atoms with Gasteiger partial charge in [0.05, 0.1) is 0 Å². The van der Waals surface area contributed by atoms with Crippen LogP contribution in [0.5, 0.6) is 0 Å². The van der Waals surface area contributed by atoms with Gasteiger partial charge in [-0.25, -0.2) is 4.21 Å². The highest BCUT2D eigenvalue weighted by atomic mass is 32.1. The molecule has 0 amide bonds. The molecule has 1 fully saturated rings. The molecule has 2 rings (SSSR count). The molecular formula is C11H13NOS. The lowest BCUT2D eigenvalue weighted by atomic mass is 10.1. The summed E-state index contributed by atoms with van der Waals surface area (Å²) in [6.45, 7) is 0.981.